The van der Waals surface area contributed by atoms with Crippen LogP contribution >= 0.6 is 15.9 Å². The number of halogens is 1. The first-order chi connectivity index (χ1) is 9.27. The molecule has 1 fully saturated rings. The number of hydrogen-bond acceptors (Lipinski definition) is 2. The number of carbonyl (C=O) groups excluding carboxylic acids is 1. The van der Waals surface area contributed by atoms with Crippen LogP contribution < -0.4 is 0 Å². The summed E-state index contributed by atoms with van der Waals surface area (Å²) in [6, 6.07) is 5.89. The minimum atomic E-state index is 0.142. The molecule has 1 saturated heterocycles. The first-order valence-corrected chi connectivity index (χ1v) is 7.88. The van der Waals surface area contributed by atoms with Crippen LogP contribution in [0.1, 0.15) is 36.7 Å². The lowest BCUT2D eigenvalue weighted by Gasteiger charge is -2.42. The van der Waals surface area contributed by atoms with E-state index >= 15 is 0 Å². The van der Waals surface area contributed by atoms with E-state index in [9.17, 15) is 4.79 Å². The number of hydrogen-bond donors (Lipinski definition) is 0. The lowest BCUT2D eigenvalue weighted by atomic mass is 10.0. The topological polar surface area (TPSA) is 23.6 Å². The minimum absolute atomic E-state index is 0.142. The summed E-state index contributed by atoms with van der Waals surface area (Å²) in [6.07, 6.45) is 0. The molecule has 2 rings (SSSR count). The van der Waals surface area contributed by atoms with Crippen LogP contribution in [0.15, 0.2) is 22.7 Å². The molecular formula is C16H23BrN2O. The van der Waals surface area contributed by atoms with Crippen LogP contribution in [0, 0.1) is 6.92 Å². The van der Waals surface area contributed by atoms with Crippen LogP contribution in [0.2, 0.25) is 0 Å². The summed E-state index contributed by atoms with van der Waals surface area (Å²) in [4.78, 5) is 16.9. The van der Waals surface area contributed by atoms with Gasteiger partial charge in [-0.2, -0.15) is 0 Å². The second-order valence-corrected chi connectivity index (χ2v) is 7.38. The Labute approximate surface area is 130 Å². The Kier molecular flexibility index (Phi) is 4.55. The third-order valence-corrected chi connectivity index (χ3v) is 4.26. The van der Waals surface area contributed by atoms with Crippen molar-refractivity contribution >= 4 is 21.8 Å². The highest BCUT2D eigenvalue weighted by atomic mass is 79.9. The van der Waals surface area contributed by atoms with Crippen molar-refractivity contribution < 1.29 is 4.79 Å². The zero-order valence-corrected chi connectivity index (χ0v) is 14.3. The summed E-state index contributed by atoms with van der Waals surface area (Å²) in [7, 11) is 0. The molecule has 1 aromatic carbocycles. The first kappa shape index (κ1) is 15.5. The summed E-state index contributed by atoms with van der Waals surface area (Å²) >= 11 is 3.46. The van der Waals surface area contributed by atoms with Crippen molar-refractivity contribution in [1.82, 2.24) is 9.80 Å². The Bertz CT molecular complexity index is 479. The van der Waals surface area contributed by atoms with Gasteiger partial charge in [-0.05, 0) is 51.5 Å². The molecule has 1 aliphatic heterocycles. The van der Waals surface area contributed by atoms with E-state index in [4.69, 9.17) is 0 Å². The van der Waals surface area contributed by atoms with Crippen molar-refractivity contribution in [2.75, 3.05) is 26.2 Å². The number of nitrogens with zero attached hydrogens (tertiary/aromatic N) is 2. The standard InChI is InChI=1S/C16H23BrN2O/c1-12-9-13(11-14(17)10-12)15(20)18-5-7-19(8-6-18)16(2,3)4/h9-11H,5-8H2,1-4H3. The average Bonchev–Trinajstić information content (AvgIpc) is 2.36. The van der Waals surface area contributed by atoms with Crippen molar-refractivity contribution in [2.45, 2.75) is 33.2 Å². The van der Waals surface area contributed by atoms with Gasteiger partial charge >= 0.3 is 0 Å². The highest BCUT2D eigenvalue weighted by molar-refractivity contribution is 9.10. The number of carbonyl (C=O) groups is 1. The van der Waals surface area contributed by atoms with E-state index in [0.717, 1.165) is 41.8 Å². The van der Waals surface area contributed by atoms with E-state index in [0.29, 0.717) is 0 Å². The number of rotatable bonds is 1. The zero-order chi connectivity index (χ0) is 14.9. The second-order valence-electron chi connectivity index (χ2n) is 6.47. The van der Waals surface area contributed by atoms with Gasteiger partial charge < -0.3 is 4.90 Å². The van der Waals surface area contributed by atoms with Gasteiger partial charge in [0.25, 0.3) is 5.91 Å². The molecule has 110 valence electrons. The number of aryl methyl sites for hydroxylation is 1. The summed E-state index contributed by atoms with van der Waals surface area (Å²) in [6.45, 7) is 12.2. The van der Waals surface area contributed by atoms with Gasteiger partial charge in [-0.1, -0.05) is 15.9 Å². The van der Waals surface area contributed by atoms with E-state index < -0.39 is 0 Å². The van der Waals surface area contributed by atoms with Gasteiger partial charge in [-0.25, -0.2) is 0 Å². The number of benzene rings is 1. The molecule has 1 heterocycles. The monoisotopic (exact) mass is 338 g/mol. The largest absolute Gasteiger partial charge is 0.336 e. The lowest BCUT2D eigenvalue weighted by molar-refractivity contribution is 0.0451. The predicted octanol–water partition coefficient (Wildman–Crippen LogP) is 3.31. The normalized spacial score (nSPS) is 17.4. The predicted molar refractivity (Wildman–Crippen MR) is 86.1 cm³/mol. The van der Waals surface area contributed by atoms with Crippen LogP contribution in [-0.2, 0) is 0 Å². The third kappa shape index (κ3) is 3.61. The molecule has 0 bridgehead atoms. The maximum Gasteiger partial charge on any atom is 0.253 e. The SMILES string of the molecule is Cc1cc(Br)cc(C(=O)N2CCN(C(C)(C)C)CC2)c1. The maximum atomic E-state index is 12.5. The second kappa shape index (κ2) is 5.86. The molecule has 20 heavy (non-hydrogen) atoms. The summed E-state index contributed by atoms with van der Waals surface area (Å²) in [5.41, 5.74) is 2.07. The van der Waals surface area contributed by atoms with Gasteiger partial charge in [-0.15, -0.1) is 0 Å². The molecule has 0 radical (unpaired) electrons. The molecule has 0 aliphatic carbocycles. The van der Waals surface area contributed by atoms with Gasteiger partial charge in [0.05, 0.1) is 0 Å². The van der Waals surface area contributed by atoms with Crippen LogP contribution in [0.4, 0.5) is 0 Å². The van der Waals surface area contributed by atoms with Crippen LogP contribution in [0.3, 0.4) is 0 Å². The molecule has 0 atom stereocenters. The molecule has 0 spiro atoms. The maximum absolute atomic E-state index is 12.5. The first-order valence-electron chi connectivity index (χ1n) is 7.09. The van der Waals surface area contributed by atoms with Gasteiger partial charge in [0.15, 0.2) is 0 Å². The summed E-state index contributed by atoms with van der Waals surface area (Å²) in [5.74, 6) is 0.142. The molecule has 0 saturated carbocycles. The molecular weight excluding hydrogens is 316 g/mol. The molecule has 3 nitrogen and oxygen atoms in total. The van der Waals surface area contributed by atoms with Crippen LogP contribution in [-0.4, -0.2) is 47.4 Å². The number of piperazine rings is 1. The Morgan fingerprint density at radius 2 is 1.70 bits per heavy atom. The molecule has 1 aliphatic rings. The Balaban J connectivity index is 2.05. The molecule has 0 unspecified atom stereocenters. The fourth-order valence-electron chi connectivity index (χ4n) is 2.62. The van der Waals surface area contributed by atoms with E-state index in [1.807, 2.05) is 30.0 Å². The average molecular weight is 339 g/mol. The lowest BCUT2D eigenvalue weighted by Crippen LogP contribution is -2.54. The van der Waals surface area contributed by atoms with Crippen molar-refractivity contribution in [3.63, 3.8) is 0 Å². The van der Waals surface area contributed by atoms with E-state index in [1.54, 1.807) is 0 Å². The van der Waals surface area contributed by atoms with Gasteiger partial charge in [0, 0.05) is 41.8 Å². The minimum Gasteiger partial charge on any atom is -0.336 e. The van der Waals surface area contributed by atoms with Crippen molar-refractivity contribution in [2.24, 2.45) is 0 Å². The van der Waals surface area contributed by atoms with Gasteiger partial charge in [-0.3, -0.25) is 9.69 Å². The Morgan fingerprint density at radius 1 is 1.10 bits per heavy atom. The van der Waals surface area contributed by atoms with E-state index in [1.165, 1.54) is 0 Å². The molecule has 1 amide bonds. The Morgan fingerprint density at radius 3 is 2.20 bits per heavy atom. The zero-order valence-electron chi connectivity index (χ0n) is 12.7. The van der Waals surface area contributed by atoms with E-state index in [-0.39, 0.29) is 11.4 Å². The fraction of sp³-hybridized carbons (Fsp3) is 0.562. The van der Waals surface area contributed by atoms with Crippen LogP contribution in [0.25, 0.3) is 0 Å². The smallest absolute Gasteiger partial charge is 0.253 e. The Hall–Kier alpha value is -0.870. The van der Waals surface area contributed by atoms with E-state index in [2.05, 4.69) is 41.6 Å². The molecule has 0 N–H and O–H groups in total. The third-order valence-electron chi connectivity index (χ3n) is 3.80. The quantitative estimate of drug-likeness (QED) is 0.784. The van der Waals surface area contributed by atoms with Gasteiger partial charge in [0.2, 0.25) is 0 Å². The highest BCUT2D eigenvalue weighted by Crippen LogP contribution is 2.20. The number of amides is 1. The summed E-state index contributed by atoms with van der Waals surface area (Å²) < 4.78 is 0.967. The van der Waals surface area contributed by atoms with Crippen LogP contribution in [0.5, 0.6) is 0 Å². The molecule has 4 heteroatoms. The molecule has 0 aromatic heterocycles. The summed E-state index contributed by atoms with van der Waals surface area (Å²) in [5, 5.41) is 0. The highest BCUT2D eigenvalue weighted by Gasteiger charge is 2.28. The molecule has 1 aromatic rings. The van der Waals surface area contributed by atoms with Crippen molar-refractivity contribution in [1.29, 1.82) is 0 Å². The fourth-order valence-corrected chi connectivity index (χ4v) is 3.23. The van der Waals surface area contributed by atoms with Crippen molar-refractivity contribution in [3.8, 4) is 0 Å². The van der Waals surface area contributed by atoms with Gasteiger partial charge in [0.1, 0.15) is 0 Å². The van der Waals surface area contributed by atoms with Crippen molar-refractivity contribution in [3.05, 3.63) is 33.8 Å².